The van der Waals surface area contributed by atoms with Gasteiger partial charge in [-0.3, -0.25) is 10.1 Å². The van der Waals surface area contributed by atoms with E-state index in [4.69, 9.17) is 0 Å². The van der Waals surface area contributed by atoms with Crippen LogP contribution in [0.3, 0.4) is 0 Å². The molecule has 19 heavy (non-hydrogen) atoms. The van der Waals surface area contributed by atoms with Crippen molar-refractivity contribution in [1.29, 1.82) is 0 Å². The van der Waals surface area contributed by atoms with Gasteiger partial charge in [-0.15, -0.1) is 0 Å². The molecule has 3 heteroatoms. The van der Waals surface area contributed by atoms with Crippen LogP contribution < -0.4 is 0 Å². The first-order valence-corrected chi connectivity index (χ1v) is 6.19. The van der Waals surface area contributed by atoms with E-state index in [9.17, 15) is 0 Å². The van der Waals surface area contributed by atoms with Gasteiger partial charge in [0.1, 0.15) is 0 Å². The van der Waals surface area contributed by atoms with Crippen LogP contribution in [0.25, 0.3) is 32.9 Å². The van der Waals surface area contributed by atoms with Gasteiger partial charge in [0.15, 0.2) is 0 Å². The summed E-state index contributed by atoms with van der Waals surface area (Å²) in [7, 11) is 0. The predicted molar refractivity (Wildman–Crippen MR) is 76.8 cm³/mol. The standard InChI is InChI=1S/C16H11N3/c1-2-4-13-11(3-1)5-6-12-9-16(17-10-14(12)13)15-7-8-18-19-15/h1-10H,(H,18,19). The molecule has 2 aromatic heterocycles. The minimum absolute atomic E-state index is 0.917. The topological polar surface area (TPSA) is 41.6 Å². The predicted octanol–water partition coefficient (Wildman–Crippen LogP) is 3.78. The molecule has 1 N–H and O–H groups in total. The maximum atomic E-state index is 4.53. The highest BCUT2D eigenvalue weighted by molar-refractivity contribution is 6.07. The molecule has 0 saturated heterocycles. The van der Waals surface area contributed by atoms with E-state index >= 15 is 0 Å². The Morgan fingerprint density at radius 3 is 2.63 bits per heavy atom. The number of nitrogens with zero attached hydrogens (tertiary/aromatic N) is 2. The average Bonchev–Trinajstić information content (AvgIpc) is 3.01. The lowest BCUT2D eigenvalue weighted by atomic mass is 10.0. The molecule has 0 saturated carbocycles. The molecule has 3 nitrogen and oxygen atoms in total. The van der Waals surface area contributed by atoms with Gasteiger partial charge < -0.3 is 0 Å². The Labute approximate surface area is 109 Å². The first-order chi connectivity index (χ1) is 9.42. The number of benzene rings is 2. The van der Waals surface area contributed by atoms with Crippen LogP contribution in [0.5, 0.6) is 0 Å². The van der Waals surface area contributed by atoms with Crippen molar-refractivity contribution < 1.29 is 0 Å². The van der Waals surface area contributed by atoms with Crippen LogP contribution >= 0.6 is 0 Å². The average molecular weight is 245 g/mol. The summed E-state index contributed by atoms with van der Waals surface area (Å²) in [5.41, 5.74) is 1.86. The third-order valence-corrected chi connectivity index (χ3v) is 3.41. The summed E-state index contributed by atoms with van der Waals surface area (Å²) in [5.74, 6) is 0. The van der Waals surface area contributed by atoms with Crippen molar-refractivity contribution in [3.05, 3.63) is 60.9 Å². The summed E-state index contributed by atoms with van der Waals surface area (Å²) in [6.07, 6.45) is 3.68. The number of rotatable bonds is 1. The highest BCUT2D eigenvalue weighted by Crippen LogP contribution is 2.27. The normalized spacial score (nSPS) is 11.2. The number of aromatic nitrogens is 3. The lowest BCUT2D eigenvalue weighted by Crippen LogP contribution is -1.85. The number of H-pyrrole nitrogens is 1. The smallest absolute Gasteiger partial charge is 0.0886 e. The highest BCUT2D eigenvalue weighted by Gasteiger charge is 2.04. The fraction of sp³-hybridized carbons (Fsp3) is 0. The molecule has 4 aromatic rings. The molecule has 2 heterocycles. The summed E-state index contributed by atoms with van der Waals surface area (Å²) in [5, 5.41) is 11.8. The van der Waals surface area contributed by atoms with Crippen molar-refractivity contribution in [2.75, 3.05) is 0 Å². The van der Waals surface area contributed by atoms with Crippen LogP contribution in [0, 0.1) is 0 Å². The Hall–Kier alpha value is -2.68. The molecule has 0 fully saturated rings. The number of hydrogen-bond donors (Lipinski definition) is 1. The van der Waals surface area contributed by atoms with E-state index in [1.165, 1.54) is 21.5 Å². The van der Waals surface area contributed by atoms with Crippen LogP contribution in [0.15, 0.2) is 60.9 Å². The van der Waals surface area contributed by atoms with Crippen LogP contribution in [0.2, 0.25) is 0 Å². The summed E-state index contributed by atoms with van der Waals surface area (Å²) < 4.78 is 0. The monoisotopic (exact) mass is 245 g/mol. The zero-order chi connectivity index (χ0) is 12.7. The quantitative estimate of drug-likeness (QED) is 0.518. The van der Waals surface area contributed by atoms with Crippen molar-refractivity contribution in [1.82, 2.24) is 15.2 Å². The van der Waals surface area contributed by atoms with Crippen molar-refractivity contribution in [2.45, 2.75) is 0 Å². The van der Waals surface area contributed by atoms with Gasteiger partial charge in [-0.1, -0.05) is 36.4 Å². The van der Waals surface area contributed by atoms with Gasteiger partial charge in [0, 0.05) is 17.8 Å². The molecular formula is C16H11N3. The van der Waals surface area contributed by atoms with Gasteiger partial charge in [0.25, 0.3) is 0 Å². The molecule has 0 aliphatic rings. The van der Waals surface area contributed by atoms with E-state index in [2.05, 4.69) is 57.6 Å². The van der Waals surface area contributed by atoms with Gasteiger partial charge in [-0.25, -0.2) is 0 Å². The Morgan fingerprint density at radius 1 is 0.842 bits per heavy atom. The Morgan fingerprint density at radius 2 is 1.74 bits per heavy atom. The van der Waals surface area contributed by atoms with Gasteiger partial charge in [-0.05, 0) is 28.3 Å². The molecule has 0 atom stereocenters. The third kappa shape index (κ3) is 1.59. The molecule has 0 unspecified atom stereocenters. The largest absolute Gasteiger partial charge is 0.276 e. The molecule has 0 radical (unpaired) electrons. The van der Waals surface area contributed by atoms with E-state index in [1.54, 1.807) is 6.20 Å². The van der Waals surface area contributed by atoms with Crippen LogP contribution in [0.4, 0.5) is 0 Å². The fourth-order valence-corrected chi connectivity index (χ4v) is 2.45. The number of pyridine rings is 1. The molecular weight excluding hydrogens is 234 g/mol. The van der Waals surface area contributed by atoms with Crippen molar-refractivity contribution >= 4 is 21.5 Å². The second kappa shape index (κ2) is 3.92. The van der Waals surface area contributed by atoms with Gasteiger partial charge in [0.05, 0.1) is 11.4 Å². The molecule has 4 rings (SSSR count). The minimum atomic E-state index is 0.917. The van der Waals surface area contributed by atoms with E-state index in [1.807, 2.05) is 12.3 Å². The summed E-state index contributed by atoms with van der Waals surface area (Å²) in [4.78, 5) is 4.53. The summed E-state index contributed by atoms with van der Waals surface area (Å²) in [6, 6.07) is 16.7. The minimum Gasteiger partial charge on any atom is -0.276 e. The number of nitrogens with one attached hydrogen (secondary N) is 1. The zero-order valence-electron chi connectivity index (χ0n) is 10.2. The molecule has 0 amide bonds. The van der Waals surface area contributed by atoms with Crippen molar-refractivity contribution in [3.8, 4) is 11.4 Å². The van der Waals surface area contributed by atoms with Gasteiger partial charge in [0.2, 0.25) is 0 Å². The number of hydrogen-bond acceptors (Lipinski definition) is 2. The Bertz CT molecular complexity index is 864. The SMILES string of the molecule is c1ccc2c(c1)ccc1cc(-c3ccn[nH]3)ncc12. The van der Waals surface area contributed by atoms with Gasteiger partial charge in [-0.2, -0.15) is 5.10 Å². The second-order valence-corrected chi connectivity index (χ2v) is 4.55. The van der Waals surface area contributed by atoms with Crippen LogP contribution in [-0.2, 0) is 0 Å². The highest BCUT2D eigenvalue weighted by atomic mass is 15.1. The first kappa shape index (κ1) is 10.3. The Kier molecular flexibility index (Phi) is 2.12. The third-order valence-electron chi connectivity index (χ3n) is 3.41. The van der Waals surface area contributed by atoms with Crippen molar-refractivity contribution in [3.63, 3.8) is 0 Å². The first-order valence-electron chi connectivity index (χ1n) is 6.19. The van der Waals surface area contributed by atoms with E-state index in [-0.39, 0.29) is 0 Å². The molecule has 0 aliphatic heterocycles. The molecule has 0 spiro atoms. The summed E-state index contributed by atoms with van der Waals surface area (Å²) in [6.45, 7) is 0. The Balaban J connectivity index is 2.03. The van der Waals surface area contributed by atoms with Gasteiger partial charge >= 0.3 is 0 Å². The molecule has 0 bridgehead atoms. The second-order valence-electron chi connectivity index (χ2n) is 4.55. The van der Waals surface area contributed by atoms with Crippen LogP contribution in [-0.4, -0.2) is 15.2 Å². The molecule has 2 aromatic carbocycles. The fourth-order valence-electron chi connectivity index (χ4n) is 2.45. The summed E-state index contributed by atoms with van der Waals surface area (Å²) >= 11 is 0. The van der Waals surface area contributed by atoms with E-state index in [0.29, 0.717) is 0 Å². The van der Waals surface area contributed by atoms with E-state index < -0.39 is 0 Å². The maximum absolute atomic E-state index is 4.53. The number of aromatic amines is 1. The lowest BCUT2D eigenvalue weighted by Gasteiger charge is -2.05. The van der Waals surface area contributed by atoms with Crippen LogP contribution in [0.1, 0.15) is 0 Å². The molecule has 90 valence electrons. The molecule has 0 aliphatic carbocycles. The lowest BCUT2D eigenvalue weighted by molar-refractivity contribution is 1.09. The van der Waals surface area contributed by atoms with E-state index in [0.717, 1.165) is 11.4 Å². The maximum Gasteiger partial charge on any atom is 0.0886 e. The zero-order valence-corrected chi connectivity index (χ0v) is 10.2. The van der Waals surface area contributed by atoms with Crippen molar-refractivity contribution in [2.24, 2.45) is 0 Å². The number of fused-ring (bicyclic) bond motifs is 3.